The van der Waals surface area contributed by atoms with Crippen molar-refractivity contribution in [2.45, 2.75) is 6.42 Å². The first-order valence-corrected chi connectivity index (χ1v) is 11.7. The molecule has 0 spiro atoms. The molecule has 0 radical (unpaired) electrons. The Morgan fingerprint density at radius 1 is 0.825 bits per heavy atom. The highest BCUT2D eigenvalue weighted by molar-refractivity contribution is 5.99. The normalized spacial score (nSPS) is 14.3. The number of amides is 2. The minimum Gasteiger partial charge on any atom is -0.457 e. The van der Waals surface area contributed by atoms with Gasteiger partial charge in [-0.2, -0.15) is 0 Å². The molecule has 1 aliphatic rings. The number of non-ortho nitro benzene ring substituents is 2. The number of nitro groups is 2. The smallest absolute Gasteiger partial charge is 0.311 e. The van der Waals surface area contributed by atoms with Crippen LogP contribution in [0.15, 0.2) is 72.8 Å². The van der Waals surface area contributed by atoms with Gasteiger partial charge in [-0.25, -0.2) is 0 Å². The average Bonchev–Trinajstić information content (AvgIpc) is 3.32. The number of carbonyl (C=O) groups excluding carboxylic acids is 4. The van der Waals surface area contributed by atoms with Crippen molar-refractivity contribution in [2.24, 2.45) is 5.92 Å². The molecule has 40 heavy (non-hydrogen) atoms. The van der Waals surface area contributed by atoms with E-state index in [0.29, 0.717) is 11.5 Å². The van der Waals surface area contributed by atoms with E-state index in [0.717, 1.165) is 17.1 Å². The number of hydrazine groups is 1. The van der Waals surface area contributed by atoms with Crippen LogP contribution in [0.1, 0.15) is 27.1 Å². The number of benzene rings is 3. The van der Waals surface area contributed by atoms with Crippen LogP contribution < -0.4 is 10.2 Å². The van der Waals surface area contributed by atoms with Crippen molar-refractivity contribution in [3.8, 4) is 11.5 Å². The quantitative estimate of drug-likeness (QED) is 0.170. The van der Waals surface area contributed by atoms with E-state index in [-0.39, 0.29) is 35.5 Å². The molecule has 1 atom stereocenters. The van der Waals surface area contributed by atoms with E-state index in [4.69, 9.17) is 9.47 Å². The van der Waals surface area contributed by atoms with Gasteiger partial charge in [0.2, 0.25) is 5.91 Å². The molecule has 0 aromatic heterocycles. The standard InChI is InChI=1S/C26H20N4O10/c31-23(16-3-9-21(10-4-16)40-22-11-7-20(8-12-22)30(37)38)15-39-26(34)18-13-24(32)28(14-18)27-25(33)17-1-5-19(6-2-17)29(35)36/h1-12,18H,13-15H2,(H,27,33). The lowest BCUT2D eigenvalue weighted by atomic mass is 10.1. The van der Waals surface area contributed by atoms with Crippen LogP contribution in [0.4, 0.5) is 11.4 Å². The minimum absolute atomic E-state index is 0.0791. The largest absolute Gasteiger partial charge is 0.457 e. The fourth-order valence-electron chi connectivity index (χ4n) is 3.71. The van der Waals surface area contributed by atoms with Crippen LogP contribution in [0.25, 0.3) is 0 Å². The molecule has 4 rings (SSSR count). The molecule has 1 unspecified atom stereocenters. The number of hydrogen-bond donors (Lipinski definition) is 1. The summed E-state index contributed by atoms with van der Waals surface area (Å²) < 4.78 is 10.7. The maximum Gasteiger partial charge on any atom is 0.311 e. The Hall–Kier alpha value is -5.66. The number of nitro benzene ring substituents is 2. The summed E-state index contributed by atoms with van der Waals surface area (Å²) in [5.74, 6) is -2.67. The van der Waals surface area contributed by atoms with Crippen LogP contribution in [0, 0.1) is 26.1 Å². The number of ketones is 1. The Bertz CT molecular complexity index is 1470. The molecule has 204 valence electrons. The van der Waals surface area contributed by atoms with Crippen molar-refractivity contribution in [1.82, 2.24) is 10.4 Å². The summed E-state index contributed by atoms with van der Waals surface area (Å²) >= 11 is 0. The number of ether oxygens (including phenoxy) is 2. The summed E-state index contributed by atoms with van der Waals surface area (Å²) in [5, 5.41) is 22.4. The molecular weight excluding hydrogens is 528 g/mol. The molecule has 1 N–H and O–H groups in total. The van der Waals surface area contributed by atoms with Crippen LogP contribution in [0.5, 0.6) is 11.5 Å². The van der Waals surface area contributed by atoms with Gasteiger partial charge < -0.3 is 9.47 Å². The lowest BCUT2D eigenvalue weighted by molar-refractivity contribution is -0.385. The number of carbonyl (C=O) groups is 4. The predicted molar refractivity (Wildman–Crippen MR) is 135 cm³/mol. The summed E-state index contributed by atoms with van der Waals surface area (Å²) in [6.07, 6.45) is -0.234. The van der Waals surface area contributed by atoms with E-state index < -0.39 is 45.9 Å². The molecular formula is C26H20N4O10. The third-order valence-electron chi connectivity index (χ3n) is 5.84. The van der Waals surface area contributed by atoms with Crippen molar-refractivity contribution in [3.05, 3.63) is 104 Å². The van der Waals surface area contributed by atoms with Crippen molar-refractivity contribution in [2.75, 3.05) is 13.2 Å². The monoisotopic (exact) mass is 548 g/mol. The highest BCUT2D eigenvalue weighted by Gasteiger charge is 2.36. The molecule has 3 aromatic carbocycles. The first-order valence-electron chi connectivity index (χ1n) is 11.7. The summed E-state index contributed by atoms with van der Waals surface area (Å²) in [4.78, 5) is 69.9. The molecule has 2 amide bonds. The van der Waals surface area contributed by atoms with Gasteiger partial charge in [-0.15, -0.1) is 0 Å². The molecule has 1 fully saturated rings. The topological polar surface area (TPSA) is 188 Å². The number of nitrogens with one attached hydrogen (secondary N) is 1. The van der Waals surface area contributed by atoms with E-state index >= 15 is 0 Å². The first kappa shape index (κ1) is 27.4. The molecule has 0 bridgehead atoms. The zero-order chi connectivity index (χ0) is 28.8. The summed E-state index contributed by atoms with van der Waals surface area (Å²) in [6.45, 7) is -0.736. The number of rotatable bonds is 10. The lowest BCUT2D eigenvalue weighted by Gasteiger charge is -2.17. The third kappa shape index (κ3) is 6.61. The predicted octanol–water partition coefficient (Wildman–Crippen LogP) is 3.21. The SMILES string of the molecule is O=C(COC(=O)C1CC(=O)N(NC(=O)c2ccc([N+](=O)[O-])cc2)C1)c1ccc(Oc2ccc([N+](=O)[O-])cc2)cc1. The van der Waals surface area contributed by atoms with Crippen LogP contribution >= 0.6 is 0 Å². The third-order valence-corrected chi connectivity index (χ3v) is 5.84. The Balaban J connectivity index is 1.25. The van der Waals surface area contributed by atoms with Crippen molar-refractivity contribution in [1.29, 1.82) is 0 Å². The van der Waals surface area contributed by atoms with Gasteiger partial charge in [0, 0.05) is 41.8 Å². The fraction of sp³-hybridized carbons (Fsp3) is 0.154. The van der Waals surface area contributed by atoms with Crippen LogP contribution in [0.3, 0.4) is 0 Å². The fourth-order valence-corrected chi connectivity index (χ4v) is 3.71. The van der Waals surface area contributed by atoms with E-state index in [1.165, 1.54) is 60.7 Å². The number of Topliss-reactive ketones (excluding diaryl/α,β-unsaturated/α-hetero) is 1. The van der Waals surface area contributed by atoms with Crippen molar-refractivity contribution in [3.63, 3.8) is 0 Å². The Morgan fingerprint density at radius 2 is 1.32 bits per heavy atom. The van der Waals surface area contributed by atoms with E-state index in [2.05, 4.69) is 5.43 Å². The summed E-state index contributed by atoms with van der Waals surface area (Å²) in [5.41, 5.74) is 2.40. The Kier molecular flexibility index (Phi) is 8.08. The van der Waals surface area contributed by atoms with Crippen LogP contribution in [-0.4, -0.2) is 51.6 Å². The molecule has 1 heterocycles. The first-order chi connectivity index (χ1) is 19.1. The zero-order valence-electron chi connectivity index (χ0n) is 20.6. The van der Waals surface area contributed by atoms with Gasteiger partial charge in [0.15, 0.2) is 12.4 Å². The van der Waals surface area contributed by atoms with Gasteiger partial charge >= 0.3 is 5.97 Å². The second kappa shape index (κ2) is 11.8. The van der Waals surface area contributed by atoms with Gasteiger partial charge in [-0.3, -0.25) is 49.8 Å². The lowest BCUT2D eigenvalue weighted by Crippen LogP contribution is -2.43. The second-order valence-electron chi connectivity index (χ2n) is 8.56. The van der Waals surface area contributed by atoms with E-state index in [1.807, 2.05) is 0 Å². The van der Waals surface area contributed by atoms with E-state index in [9.17, 15) is 39.4 Å². The van der Waals surface area contributed by atoms with Crippen LogP contribution in [-0.2, 0) is 14.3 Å². The van der Waals surface area contributed by atoms with Gasteiger partial charge in [0.1, 0.15) is 11.5 Å². The van der Waals surface area contributed by atoms with Gasteiger partial charge in [0.25, 0.3) is 17.3 Å². The maximum absolute atomic E-state index is 12.5. The summed E-state index contributed by atoms with van der Waals surface area (Å²) in [6, 6.07) is 16.2. The van der Waals surface area contributed by atoms with Crippen molar-refractivity contribution >= 4 is 34.9 Å². The molecule has 0 saturated carbocycles. The molecule has 3 aromatic rings. The maximum atomic E-state index is 12.5. The molecule has 0 aliphatic carbocycles. The minimum atomic E-state index is -0.907. The number of esters is 1. The van der Waals surface area contributed by atoms with Gasteiger partial charge in [0.05, 0.1) is 22.3 Å². The molecule has 14 heteroatoms. The Labute approximate surface area is 225 Å². The molecule has 1 saturated heterocycles. The molecule has 14 nitrogen and oxygen atoms in total. The Morgan fingerprint density at radius 3 is 1.88 bits per heavy atom. The van der Waals surface area contributed by atoms with Gasteiger partial charge in [-0.05, 0) is 48.5 Å². The van der Waals surface area contributed by atoms with Crippen LogP contribution in [0.2, 0.25) is 0 Å². The number of nitrogens with zero attached hydrogens (tertiary/aromatic N) is 3. The van der Waals surface area contributed by atoms with Gasteiger partial charge in [-0.1, -0.05) is 0 Å². The summed E-state index contributed by atoms with van der Waals surface area (Å²) in [7, 11) is 0. The highest BCUT2D eigenvalue weighted by Crippen LogP contribution is 2.24. The zero-order valence-corrected chi connectivity index (χ0v) is 20.6. The highest BCUT2D eigenvalue weighted by atomic mass is 16.6. The second-order valence-corrected chi connectivity index (χ2v) is 8.56. The average molecular weight is 548 g/mol. The molecule has 1 aliphatic heterocycles. The van der Waals surface area contributed by atoms with Crippen molar-refractivity contribution < 1.29 is 38.5 Å². The number of hydrogen-bond acceptors (Lipinski definition) is 10. The van der Waals surface area contributed by atoms with E-state index in [1.54, 1.807) is 0 Å².